The second-order valence-corrected chi connectivity index (χ2v) is 13.6. The number of aromatic nitrogens is 3. The maximum absolute atomic E-state index is 12.9. The van der Waals surface area contributed by atoms with Gasteiger partial charge < -0.3 is 14.8 Å². The molecule has 0 spiro atoms. The Kier molecular flexibility index (Phi) is 5.48. The van der Waals surface area contributed by atoms with E-state index in [0.717, 1.165) is 41.4 Å². The van der Waals surface area contributed by atoms with Crippen molar-refractivity contribution in [3.8, 4) is 11.9 Å². The lowest BCUT2D eigenvalue weighted by Gasteiger charge is -2.37. The van der Waals surface area contributed by atoms with E-state index in [4.69, 9.17) is 4.98 Å². The molecular formula is C28H29N6OP. The number of nitriles is 1. The van der Waals surface area contributed by atoms with Crippen LogP contribution in [-0.2, 0) is 17.5 Å². The lowest BCUT2D eigenvalue weighted by molar-refractivity contribution is 0.266. The highest BCUT2D eigenvalue weighted by Crippen LogP contribution is 2.40. The zero-order valence-corrected chi connectivity index (χ0v) is 21.7. The fourth-order valence-corrected chi connectivity index (χ4v) is 7.16. The maximum atomic E-state index is 12.9. The first-order valence-corrected chi connectivity index (χ1v) is 15.0. The number of benzene rings is 2. The van der Waals surface area contributed by atoms with Crippen LogP contribution in [0.3, 0.4) is 0 Å². The molecule has 0 radical (unpaired) electrons. The van der Waals surface area contributed by atoms with Crippen molar-refractivity contribution >= 4 is 35.0 Å². The first-order chi connectivity index (χ1) is 17.3. The Labute approximate surface area is 211 Å². The quantitative estimate of drug-likeness (QED) is 0.393. The van der Waals surface area contributed by atoms with Crippen LogP contribution < -0.4 is 10.6 Å². The molecule has 2 aromatic heterocycles. The number of aryl methyl sites for hydroxylation is 1. The molecule has 2 aliphatic rings. The lowest BCUT2D eigenvalue weighted by Crippen LogP contribution is -2.33. The second kappa shape index (κ2) is 8.58. The Hall–Kier alpha value is -3.46. The summed E-state index contributed by atoms with van der Waals surface area (Å²) in [6, 6.07) is 14.4. The molecule has 0 amide bonds. The highest BCUT2D eigenvalue weighted by molar-refractivity contribution is 7.70. The van der Waals surface area contributed by atoms with Crippen LogP contribution in [0.25, 0.3) is 16.7 Å². The van der Waals surface area contributed by atoms with Crippen molar-refractivity contribution in [1.82, 2.24) is 19.4 Å². The van der Waals surface area contributed by atoms with Crippen molar-refractivity contribution < 1.29 is 4.57 Å². The van der Waals surface area contributed by atoms with E-state index in [1.165, 1.54) is 24.0 Å². The number of nitrogens with zero attached hydrogens (tertiary/aromatic N) is 5. The number of anilines is 2. The molecule has 3 heterocycles. The topological polar surface area (TPSA) is 86.8 Å². The Bertz CT molecular complexity index is 1590. The predicted molar refractivity (Wildman–Crippen MR) is 144 cm³/mol. The van der Waals surface area contributed by atoms with Crippen molar-refractivity contribution in [3.63, 3.8) is 0 Å². The third-order valence-corrected chi connectivity index (χ3v) is 8.94. The number of nitrogens with one attached hydrogen (secondary N) is 1. The van der Waals surface area contributed by atoms with Gasteiger partial charge in [0, 0.05) is 35.7 Å². The van der Waals surface area contributed by atoms with E-state index < -0.39 is 7.14 Å². The first-order valence-electron chi connectivity index (χ1n) is 12.4. The van der Waals surface area contributed by atoms with E-state index >= 15 is 0 Å². The van der Waals surface area contributed by atoms with E-state index in [2.05, 4.69) is 40.5 Å². The Balaban J connectivity index is 1.41. The van der Waals surface area contributed by atoms with Crippen molar-refractivity contribution in [2.45, 2.75) is 31.7 Å². The fourth-order valence-electron chi connectivity index (χ4n) is 5.94. The minimum absolute atomic E-state index is 0.379. The second-order valence-electron chi connectivity index (χ2n) is 10.4. The van der Waals surface area contributed by atoms with E-state index in [1.807, 2.05) is 35.0 Å². The van der Waals surface area contributed by atoms with E-state index in [-0.39, 0.29) is 0 Å². The summed E-state index contributed by atoms with van der Waals surface area (Å²) in [5.41, 5.74) is 6.59. The molecule has 1 N–H and O–H groups in total. The van der Waals surface area contributed by atoms with Crippen molar-refractivity contribution in [3.05, 3.63) is 71.0 Å². The van der Waals surface area contributed by atoms with Crippen LogP contribution in [0, 0.1) is 11.3 Å². The monoisotopic (exact) mass is 496 g/mol. The van der Waals surface area contributed by atoms with Crippen LogP contribution >= 0.6 is 7.14 Å². The zero-order chi connectivity index (χ0) is 25.0. The summed E-state index contributed by atoms with van der Waals surface area (Å²) in [6.45, 7) is 5.63. The summed E-state index contributed by atoms with van der Waals surface area (Å²) in [5, 5.41) is 15.0. The van der Waals surface area contributed by atoms with Gasteiger partial charge in [-0.2, -0.15) is 10.2 Å². The van der Waals surface area contributed by atoms with Gasteiger partial charge >= 0.3 is 0 Å². The largest absolute Gasteiger partial charge is 0.324 e. The molecule has 6 rings (SSSR count). The van der Waals surface area contributed by atoms with Gasteiger partial charge in [0.1, 0.15) is 18.8 Å². The van der Waals surface area contributed by atoms with Gasteiger partial charge in [-0.15, -0.1) is 0 Å². The summed E-state index contributed by atoms with van der Waals surface area (Å²) in [7, 11) is -0.274. The molecule has 7 nitrogen and oxygen atoms in total. The standard InChI is InChI=1S/C28H29N6OP/c1-33-16-19-7-4-6-18-12-22(13-20(17-33)26(18)19)31-28-30-15-21(14-29)27(32-28)34-11-10-23-24(34)8-5-9-25(23)36(2,3)35/h5,8-13,15,19H,4,6-7,16-17H2,1-3H3,(H,30,31,32). The van der Waals surface area contributed by atoms with Crippen LogP contribution in [-0.4, -0.2) is 46.4 Å². The molecule has 4 aromatic rings. The molecule has 0 saturated carbocycles. The van der Waals surface area contributed by atoms with E-state index in [0.29, 0.717) is 23.2 Å². The molecule has 1 atom stereocenters. The number of rotatable bonds is 4. The van der Waals surface area contributed by atoms with Crippen LogP contribution in [0.2, 0.25) is 0 Å². The summed E-state index contributed by atoms with van der Waals surface area (Å²) in [4.78, 5) is 11.6. The average molecular weight is 497 g/mol. The van der Waals surface area contributed by atoms with Crippen molar-refractivity contribution in [1.29, 1.82) is 5.26 Å². The van der Waals surface area contributed by atoms with E-state index in [1.54, 1.807) is 25.1 Å². The third kappa shape index (κ3) is 3.91. The van der Waals surface area contributed by atoms with Crippen LogP contribution in [0.15, 0.2) is 48.8 Å². The maximum Gasteiger partial charge on any atom is 0.229 e. The normalized spacial score (nSPS) is 17.6. The summed E-state index contributed by atoms with van der Waals surface area (Å²) in [5.74, 6) is 1.58. The van der Waals surface area contributed by atoms with Crippen molar-refractivity contribution in [2.75, 3.05) is 32.2 Å². The molecule has 0 fully saturated rings. The minimum Gasteiger partial charge on any atom is -0.324 e. The molecule has 1 aliphatic carbocycles. The smallest absolute Gasteiger partial charge is 0.229 e. The number of likely N-dealkylation sites (N-methyl/N-ethyl adjacent to an activating group) is 1. The molecule has 2 aromatic carbocycles. The highest BCUT2D eigenvalue weighted by atomic mass is 31.2. The zero-order valence-electron chi connectivity index (χ0n) is 20.8. The molecule has 1 aliphatic heterocycles. The highest BCUT2D eigenvalue weighted by Gasteiger charge is 2.29. The van der Waals surface area contributed by atoms with Gasteiger partial charge in [-0.05, 0) is 86.5 Å². The number of fused-ring (bicyclic) bond motifs is 1. The molecule has 1 unspecified atom stereocenters. The van der Waals surface area contributed by atoms with Gasteiger partial charge in [0.05, 0.1) is 11.7 Å². The molecule has 36 heavy (non-hydrogen) atoms. The van der Waals surface area contributed by atoms with Gasteiger partial charge in [0.25, 0.3) is 0 Å². The van der Waals surface area contributed by atoms with Crippen molar-refractivity contribution in [2.24, 2.45) is 0 Å². The first kappa shape index (κ1) is 23.0. The van der Waals surface area contributed by atoms with E-state index in [9.17, 15) is 9.83 Å². The van der Waals surface area contributed by atoms with Crippen LogP contribution in [0.4, 0.5) is 11.6 Å². The fraction of sp³-hybridized carbons (Fsp3) is 0.321. The van der Waals surface area contributed by atoms with Gasteiger partial charge in [-0.1, -0.05) is 12.1 Å². The molecule has 182 valence electrons. The average Bonchev–Trinajstić information content (AvgIpc) is 3.27. The number of hydrogen-bond acceptors (Lipinski definition) is 6. The SMILES string of the molecule is CN1Cc2cc(Nc3ncc(C#N)c(-n4ccc5c(P(C)(C)=O)cccc54)n3)cc3c2C(CCC3)C1. The van der Waals surface area contributed by atoms with Gasteiger partial charge in [-0.25, -0.2) is 4.98 Å². The van der Waals surface area contributed by atoms with Gasteiger partial charge in [0.2, 0.25) is 5.95 Å². The van der Waals surface area contributed by atoms with Crippen LogP contribution in [0.5, 0.6) is 0 Å². The summed E-state index contributed by atoms with van der Waals surface area (Å²) in [6.07, 6.45) is 7.04. The molecule has 0 bridgehead atoms. The number of hydrogen-bond donors (Lipinski definition) is 1. The summed E-state index contributed by atoms with van der Waals surface area (Å²) >= 11 is 0. The molecular weight excluding hydrogens is 467 g/mol. The molecule has 8 heteroatoms. The Morgan fingerprint density at radius 3 is 2.83 bits per heavy atom. The molecule has 0 saturated heterocycles. The lowest BCUT2D eigenvalue weighted by atomic mass is 9.77. The predicted octanol–water partition coefficient (Wildman–Crippen LogP) is 5.15. The minimum atomic E-state index is -2.46. The van der Waals surface area contributed by atoms with Gasteiger partial charge in [-0.3, -0.25) is 4.57 Å². The van der Waals surface area contributed by atoms with Crippen LogP contribution in [0.1, 0.15) is 41.0 Å². The summed E-state index contributed by atoms with van der Waals surface area (Å²) < 4.78 is 14.7. The van der Waals surface area contributed by atoms with Gasteiger partial charge in [0.15, 0.2) is 5.82 Å². The Morgan fingerprint density at radius 2 is 2.03 bits per heavy atom. The Morgan fingerprint density at radius 1 is 1.19 bits per heavy atom. The third-order valence-electron chi connectivity index (χ3n) is 7.39.